The van der Waals surface area contributed by atoms with Crippen molar-refractivity contribution in [2.45, 2.75) is 38.4 Å². The van der Waals surface area contributed by atoms with E-state index in [1.54, 1.807) is 6.07 Å². The van der Waals surface area contributed by atoms with Crippen molar-refractivity contribution in [2.75, 3.05) is 12.4 Å². The Labute approximate surface area is 154 Å². The maximum absolute atomic E-state index is 12.4. The summed E-state index contributed by atoms with van der Waals surface area (Å²) < 4.78 is 40.4. The van der Waals surface area contributed by atoms with E-state index < -0.39 is 34.4 Å². The third-order valence-electron chi connectivity index (χ3n) is 4.23. The van der Waals surface area contributed by atoms with E-state index in [-0.39, 0.29) is 23.6 Å². The highest BCUT2D eigenvalue weighted by Crippen LogP contribution is 2.28. The van der Waals surface area contributed by atoms with Gasteiger partial charge in [0, 0.05) is 0 Å². The number of rotatable bonds is 7. The fourth-order valence-electron chi connectivity index (χ4n) is 2.79. The van der Waals surface area contributed by atoms with Gasteiger partial charge in [0.1, 0.15) is 23.7 Å². The van der Waals surface area contributed by atoms with Gasteiger partial charge in [-0.15, -0.1) is 0 Å². The summed E-state index contributed by atoms with van der Waals surface area (Å²) in [6.07, 6.45) is 4.73. The van der Waals surface area contributed by atoms with Crippen LogP contribution < -0.4 is 4.74 Å². The number of hydrogen-bond donors (Lipinski definition) is 1. The largest absolute Gasteiger partial charge is 0.461 e. The third-order valence-corrected chi connectivity index (χ3v) is 4.91. The van der Waals surface area contributed by atoms with Crippen LogP contribution in [0, 0.1) is 5.92 Å². The molecule has 0 saturated heterocycles. The predicted octanol–water partition coefficient (Wildman–Crippen LogP) is 1.89. The molecule has 2 radical (unpaired) electrons. The molecule has 0 unspecified atom stereocenters. The molecule has 0 amide bonds. The minimum atomic E-state index is -4.24. The lowest BCUT2D eigenvalue weighted by molar-refractivity contribution is -0.140. The molecule has 7 nitrogen and oxygen atoms in total. The van der Waals surface area contributed by atoms with Crippen molar-refractivity contribution in [3.05, 3.63) is 29.3 Å². The average molecular weight is 380 g/mol. The summed E-state index contributed by atoms with van der Waals surface area (Å²) in [7, 11) is 1.36. The van der Waals surface area contributed by atoms with E-state index in [9.17, 15) is 18.0 Å². The number of carbonyl (C=O) groups excluding carboxylic acids is 2. The molecule has 0 spiro atoms. The number of ether oxygens (including phenoxy) is 2. The number of hydrogen-bond acceptors (Lipinski definition) is 6. The Morgan fingerprint density at radius 1 is 1.19 bits per heavy atom. The Hall–Kier alpha value is -1.87. The summed E-state index contributed by atoms with van der Waals surface area (Å²) in [6.45, 7) is -0.508. The topological polar surface area (TPSA) is 107 Å². The van der Waals surface area contributed by atoms with Crippen LogP contribution in [0.4, 0.5) is 0 Å². The van der Waals surface area contributed by atoms with Gasteiger partial charge in [0.15, 0.2) is 0 Å². The van der Waals surface area contributed by atoms with Gasteiger partial charge in [-0.2, -0.15) is 8.42 Å². The van der Waals surface area contributed by atoms with Crippen molar-refractivity contribution >= 4 is 29.9 Å². The molecule has 9 heteroatoms. The SMILES string of the molecule is [B]Cc1ccc(C(=O)OCCS(=O)(=O)O)c(OC(=O)C2CCCCC2)c1. The normalized spacial score (nSPS) is 15.4. The zero-order valence-corrected chi connectivity index (χ0v) is 15.2. The Kier molecular flexibility index (Phi) is 7.22. The van der Waals surface area contributed by atoms with Crippen molar-refractivity contribution in [2.24, 2.45) is 5.92 Å². The molecule has 0 aliphatic heterocycles. The summed E-state index contributed by atoms with van der Waals surface area (Å²) in [6, 6.07) is 4.51. The maximum atomic E-state index is 12.4. The van der Waals surface area contributed by atoms with Crippen molar-refractivity contribution in [3.63, 3.8) is 0 Å². The molecule has 1 aromatic carbocycles. The highest BCUT2D eigenvalue weighted by atomic mass is 32.2. The minimum absolute atomic E-state index is 0.00157. The predicted molar refractivity (Wildman–Crippen MR) is 94.8 cm³/mol. The van der Waals surface area contributed by atoms with Crippen LogP contribution >= 0.6 is 0 Å². The molecule has 1 aromatic rings. The molecule has 0 heterocycles. The van der Waals surface area contributed by atoms with Gasteiger partial charge >= 0.3 is 11.9 Å². The Bertz CT molecular complexity index is 754. The van der Waals surface area contributed by atoms with Gasteiger partial charge in [-0.1, -0.05) is 37.2 Å². The molecule has 26 heavy (non-hydrogen) atoms. The van der Waals surface area contributed by atoms with Gasteiger partial charge < -0.3 is 9.47 Å². The molecule has 0 bridgehead atoms. The number of benzene rings is 1. The van der Waals surface area contributed by atoms with E-state index in [2.05, 4.69) is 0 Å². The molecule has 0 atom stereocenters. The fourth-order valence-corrected chi connectivity index (χ4v) is 3.09. The van der Waals surface area contributed by atoms with Crippen LogP contribution in [-0.2, 0) is 26.0 Å². The molecule has 1 aliphatic carbocycles. The summed E-state index contributed by atoms with van der Waals surface area (Å²) in [5, 5.41) is 0. The highest BCUT2D eigenvalue weighted by molar-refractivity contribution is 7.85. The molecule has 1 fully saturated rings. The van der Waals surface area contributed by atoms with E-state index in [4.69, 9.17) is 21.9 Å². The zero-order valence-electron chi connectivity index (χ0n) is 14.3. The van der Waals surface area contributed by atoms with Crippen LogP contribution in [0.1, 0.15) is 48.0 Å². The molecule has 0 aromatic heterocycles. The lowest BCUT2D eigenvalue weighted by atomic mass is 9.89. The third kappa shape index (κ3) is 6.14. The first-order valence-corrected chi connectivity index (χ1v) is 10.1. The first-order valence-electron chi connectivity index (χ1n) is 8.47. The van der Waals surface area contributed by atoms with Crippen LogP contribution in [-0.4, -0.2) is 45.1 Å². The summed E-state index contributed by atoms with van der Waals surface area (Å²) >= 11 is 0. The molecular weight excluding hydrogens is 359 g/mol. The monoisotopic (exact) mass is 380 g/mol. The first kappa shape index (κ1) is 20.4. The van der Waals surface area contributed by atoms with Gasteiger partial charge in [-0.3, -0.25) is 9.35 Å². The van der Waals surface area contributed by atoms with Crippen molar-refractivity contribution in [1.82, 2.24) is 0 Å². The summed E-state index contributed by atoms with van der Waals surface area (Å²) in [5.74, 6) is -2.11. The molecule has 140 valence electrons. The van der Waals surface area contributed by atoms with E-state index in [1.165, 1.54) is 12.1 Å². The lowest BCUT2D eigenvalue weighted by Gasteiger charge is -2.20. The van der Waals surface area contributed by atoms with Gasteiger partial charge in [0.05, 0.1) is 13.8 Å². The van der Waals surface area contributed by atoms with Crippen molar-refractivity contribution in [1.29, 1.82) is 0 Å². The van der Waals surface area contributed by atoms with Crippen LogP contribution in [0.2, 0.25) is 0 Å². The maximum Gasteiger partial charge on any atom is 0.341 e. The molecule has 1 N–H and O–H groups in total. The van der Waals surface area contributed by atoms with Crippen molar-refractivity contribution < 1.29 is 32.0 Å². The minimum Gasteiger partial charge on any atom is -0.461 e. The molecule has 1 saturated carbocycles. The van der Waals surface area contributed by atoms with Crippen LogP contribution in [0.15, 0.2) is 18.2 Å². The molecule has 1 aliphatic rings. The number of esters is 2. The van der Waals surface area contributed by atoms with Crippen LogP contribution in [0.5, 0.6) is 5.75 Å². The Morgan fingerprint density at radius 2 is 1.88 bits per heavy atom. The summed E-state index contributed by atoms with van der Waals surface area (Å²) in [4.78, 5) is 24.6. The standard InChI is InChI=1S/C17H21BO7S/c18-11-12-6-7-14(17(20)24-8-9-26(21,22)23)15(10-12)25-16(19)13-4-2-1-3-5-13/h6-7,10,13H,1-5,8-9,11H2,(H,21,22,23). The van der Waals surface area contributed by atoms with Gasteiger partial charge in [-0.25, -0.2) is 4.79 Å². The van der Waals surface area contributed by atoms with Crippen LogP contribution in [0.3, 0.4) is 0 Å². The number of carbonyl (C=O) groups is 2. The van der Waals surface area contributed by atoms with E-state index >= 15 is 0 Å². The Morgan fingerprint density at radius 3 is 2.50 bits per heavy atom. The van der Waals surface area contributed by atoms with E-state index in [0.717, 1.165) is 32.1 Å². The quantitative estimate of drug-likeness (QED) is 0.333. The van der Waals surface area contributed by atoms with E-state index in [1.807, 2.05) is 0 Å². The van der Waals surface area contributed by atoms with Gasteiger partial charge in [-0.05, 0) is 25.0 Å². The average Bonchev–Trinajstić information content (AvgIpc) is 2.61. The first-order chi connectivity index (χ1) is 12.3. The fraction of sp³-hybridized carbons (Fsp3) is 0.529. The van der Waals surface area contributed by atoms with Crippen molar-refractivity contribution in [3.8, 4) is 5.75 Å². The second kappa shape index (κ2) is 9.18. The smallest absolute Gasteiger partial charge is 0.341 e. The second-order valence-corrected chi connectivity index (χ2v) is 7.78. The zero-order chi connectivity index (χ0) is 19.2. The van der Waals surface area contributed by atoms with E-state index in [0.29, 0.717) is 5.56 Å². The highest BCUT2D eigenvalue weighted by Gasteiger charge is 2.25. The lowest BCUT2D eigenvalue weighted by Crippen LogP contribution is -2.24. The summed E-state index contributed by atoms with van der Waals surface area (Å²) in [5.41, 5.74) is 0.674. The second-order valence-electron chi connectivity index (χ2n) is 6.21. The van der Waals surface area contributed by atoms with Gasteiger partial charge in [0.25, 0.3) is 10.1 Å². The molecular formula is C17H21BO7S. The molecule has 2 rings (SSSR count). The van der Waals surface area contributed by atoms with Gasteiger partial charge in [0.2, 0.25) is 0 Å². The van der Waals surface area contributed by atoms with Crippen LogP contribution in [0.25, 0.3) is 0 Å². The Balaban J connectivity index is 2.12.